The van der Waals surface area contributed by atoms with Gasteiger partial charge in [0.2, 0.25) is 0 Å². The summed E-state index contributed by atoms with van der Waals surface area (Å²) in [6.45, 7) is 2.79. The van der Waals surface area contributed by atoms with Crippen LogP contribution in [0.5, 0.6) is 0 Å². The van der Waals surface area contributed by atoms with Crippen LogP contribution in [0.4, 0.5) is 0 Å². The Bertz CT molecular complexity index is 515. The second kappa shape index (κ2) is 5.62. The molecule has 0 saturated carbocycles. The molecule has 0 aromatic heterocycles. The van der Waals surface area contributed by atoms with Gasteiger partial charge in [-0.1, -0.05) is 13.8 Å². The number of amides is 2. The SMILES string of the molecule is CC(C)C(=O)C(CCN1C(=O)C=CC1=O)S(=O)(=O)O. The molecule has 1 aliphatic rings. The third-order valence-corrected chi connectivity index (χ3v) is 3.95. The molecule has 1 N–H and O–H groups in total. The fourth-order valence-electron chi connectivity index (χ4n) is 1.71. The van der Waals surface area contributed by atoms with Crippen LogP contribution in [-0.4, -0.2) is 47.3 Å². The maximum atomic E-state index is 11.7. The van der Waals surface area contributed by atoms with E-state index in [2.05, 4.69) is 0 Å². The third kappa shape index (κ3) is 3.71. The molecule has 0 saturated heterocycles. The van der Waals surface area contributed by atoms with Crippen LogP contribution in [0, 0.1) is 5.92 Å². The Morgan fingerprint density at radius 2 is 1.74 bits per heavy atom. The van der Waals surface area contributed by atoms with Crippen LogP contribution in [0.2, 0.25) is 0 Å². The van der Waals surface area contributed by atoms with E-state index in [0.717, 1.165) is 17.1 Å². The molecular weight excluding hydrogens is 274 g/mol. The summed E-state index contributed by atoms with van der Waals surface area (Å²) < 4.78 is 31.4. The number of imide groups is 1. The van der Waals surface area contributed by atoms with Crippen LogP contribution >= 0.6 is 0 Å². The van der Waals surface area contributed by atoms with Crippen LogP contribution < -0.4 is 0 Å². The van der Waals surface area contributed by atoms with Gasteiger partial charge in [-0.3, -0.25) is 23.8 Å². The lowest BCUT2D eigenvalue weighted by atomic mass is 10.0. The van der Waals surface area contributed by atoms with E-state index in [4.69, 9.17) is 4.55 Å². The monoisotopic (exact) mass is 289 g/mol. The standard InChI is InChI=1S/C11H15NO6S/c1-7(2)11(15)8(19(16,17)18)5-6-12-9(13)3-4-10(12)14/h3-4,7-8H,5-6H2,1-2H3,(H,16,17,18). The number of carbonyl (C=O) groups excluding carboxylic acids is 3. The van der Waals surface area contributed by atoms with Gasteiger partial charge in [-0.05, 0) is 6.42 Å². The minimum Gasteiger partial charge on any atom is -0.298 e. The zero-order valence-corrected chi connectivity index (χ0v) is 11.4. The van der Waals surface area contributed by atoms with E-state index >= 15 is 0 Å². The highest BCUT2D eigenvalue weighted by Crippen LogP contribution is 2.14. The summed E-state index contributed by atoms with van der Waals surface area (Å²) in [6.07, 6.45) is 1.82. The number of ketones is 1. The second-order valence-electron chi connectivity index (χ2n) is 4.51. The van der Waals surface area contributed by atoms with Gasteiger partial charge >= 0.3 is 0 Å². The van der Waals surface area contributed by atoms with E-state index in [9.17, 15) is 22.8 Å². The first-order chi connectivity index (χ1) is 8.64. The van der Waals surface area contributed by atoms with E-state index in [-0.39, 0.29) is 13.0 Å². The number of hydrogen-bond acceptors (Lipinski definition) is 5. The summed E-state index contributed by atoms with van der Waals surface area (Å²) in [5.74, 6) is -2.34. The van der Waals surface area contributed by atoms with Crippen LogP contribution in [-0.2, 0) is 24.5 Å². The van der Waals surface area contributed by atoms with Crippen molar-refractivity contribution in [2.75, 3.05) is 6.54 Å². The molecule has 0 bridgehead atoms. The van der Waals surface area contributed by atoms with Crippen LogP contribution in [0.15, 0.2) is 12.2 Å². The highest BCUT2D eigenvalue weighted by molar-refractivity contribution is 7.87. The molecule has 0 aromatic carbocycles. The van der Waals surface area contributed by atoms with Gasteiger partial charge in [-0.2, -0.15) is 8.42 Å². The predicted octanol–water partition coefficient (Wildman–Crippen LogP) is -0.217. The van der Waals surface area contributed by atoms with E-state index < -0.39 is 38.9 Å². The molecule has 0 fully saturated rings. The highest BCUT2D eigenvalue weighted by Gasteiger charge is 2.34. The fraction of sp³-hybridized carbons (Fsp3) is 0.545. The first-order valence-corrected chi connectivity index (χ1v) is 7.18. The second-order valence-corrected chi connectivity index (χ2v) is 6.11. The largest absolute Gasteiger partial charge is 0.298 e. The molecular formula is C11H15NO6S. The average molecular weight is 289 g/mol. The maximum absolute atomic E-state index is 11.7. The molecule has 0 spiro atoms. The Balaban J connectivity index is 2.78. The van der Waals surface area contributed by atoms with Gasteiger partial charge in [0.05, 0.1) is 0 Å². The fourth-order valence-corrected chi connectivity index (χ4v) is 2.68. The topological polar surface area (TPSA) is 109 Å². The van der Waals surface area contributed by atoms with Gasteiger partial charge < -0.3 is 0 Å². The molecule has 8 heteroatoms. The van der Waals surface area contributed by atoms with Crippen LogP contribution in [0.25, 0.3) is 0 Å². The highest BCUT2D eigenvalue weighted by atomic mass is 32.2. The average Bonchev–Trinajstić information content (AvgIpc) is 2.58. The summed E-state index contributed by atoms with van der Waals surface area (Å²) >= 11 is 0. The summed E-state index contributed by atoms with van der Waals surface area (Å²) in [5, 5.41) is -1.62. The third-order valence-electron chi connectivity index (χ3n) is 2.76. The number of carbonyl (C=O) groups is 3. The summed E-state index contributed by atoms with van der Waals surface area (Å²) in [5.41, 5.74) is 0. The molecule has 1 atom stereocenters. The zero-order valence-electron chi connectivity index (χ0n) is 10.6. The molecule has 1 heterocycles. The number of hydrogen-bond donors (Lipinski definition) is 1. The van der Waals surface area contributed by atoms with Crippen molar-refractivity contribution in [1.82, 2.24) is 4.90 Å². The molecule has 7 nitrogen and oxygen atoms in total. The Hall–Kier alpha value is -1.54. The van der Waals surface area contributed by atoms with Gasteiger partial charge in [0.1, 0.15) is 5.25 Å². The Morgan fingerprint density at radius 3 is 2.11 bits per heavy atom. The quantitative estimate of drug-likeness (QED) is 0.535. The van der Waals surface area contributed by atoms with Crippen LogP contribution in [0.3, 0.4) is 0 Å². The number of Topliss-reactive ketones (excluding diaryl/α,β-unsaturated/α-hetero) is 1. The Labute approximate surface area is 111 Å². The van der Waals surface area contributed by atoms with Crippen LogP contribution in [0.1, 0.15) is 20.3 Å². The molecule has 19 heavy (non-hydrogen) atoms. The van der Waals surface area contributed by atoms with Crippen molar-refractivity contribution in [3.63, 3.8) is 0 Å². The van der Waals surface area contributed by atoms with Crippen molar-refractivity contribution < 1.29 is 27.4 Å². The van der Waals surface area contributed by atoms with Gasteiger partial charge in [0.25, 0.3) is 21.9 Å². The summed E-state index contributed by atoms with van der Waals surface area (Å²) in [4.78, 5) is 35.1. The Kier molecular flexibility index (Phi) is 4.59. The lowest BCUT2D eigenvalue weighted by Gasteiger charge is -2.18. The Morgan fingerprint density at radius 1 is 1.26 bits per heavy atom. The summed E-state index contributed by atoms with van der Waals surface area (Å²) in [7, 11) is -4.56. The lowest BCUT2D eigenvalue weighted by Crippen LogP contribution is -2.39. The van der Waals surface area contributed by atoms with Crippen molar-refractivity contribution >= 4 is 27.7 Å². The molecule has 1 aliphatic heterocycles. The van der Waals surface area contributed by atoms with Crippen molar-refractivity contribution in [3.8, 4) is 0 Å². The van der Waals surface area contributed by atoms with E-state index in [1.807, 2.05) is 0 Å². The zero-order chi connectivity index (χ0) is 14.8. The van der Waals surface area contributed by atoms with Crippen molar-refractivity contribution in [3.05, 3.63) is 12.2 Å². The molecule has 2 amide bonds. The minimum absolute atomic E-state index is 0.229. The van der Waals surface area contributed by atoms with E-state index in [0.29, 0.717) is 0 Å². The van der Waals surface area contributed by atoms with Gasteiger partial charge in [0.15, 0.2) is 5.78 Å². The maximum Gasteiger partial charge on any atom is 0.275 e. The predicted molar refractivity (Wildman–Crippen MR) is 65.7 cm³/mol. The van der Waals surface area contributed by atoms with Crippen molar-refractivity contribution in [2.24, 2.45) is 5.92 Å². The number of rotatable bonds is 6. The van der Waals surface area contributed by atoms with Gasteiger partial charge in [0, 0.05) is 24.6 Å². The van der Waals surface area contributed by atoms with Gasteiger partial charge in [-0.15, -0.1) is 0 Å². The smallest absolute Gasteiger partial charge is 0.275 e. The molecule has 1 rings (SSSR count). The molecule has 0 aliphatic carbocycles. The molecule has 106 valence electrons. The first kappa shape index (κ1) is 15.5. The van der Waals surface area contributed by atoms with E-state index in [1.54, 1.807) is 0 Å². The lowest BCUT2D eigenvalue weighted by molar-refractivity contribution is -0.137. The molecule has 0 radical (unpaired) electrons. The van der Waals surface area contributed by atoms with Crippen molar-refractivity contribution in [2.45, 2.75) is 25.5 Å². The molecule has 1 unspecified atom stereocenters. The first-order valence-electron chi connectivity index (χ1n) is 5.68. The van der Waals surface area contributed by atoms with E-state index in [1.165, 1.54) is 13.8 Å². The van der Waals surface area contributed by atoms with Crippen molar-refractivity contribution in [1.29, 1.82) is 0 Å². The molecule has 0 aromatic rings. The normalized spacial score (nSPS) is 17.4. The summed E-state index contributed by atoms with van der Waals surface area (Å²) in [6, 6.07) is 0. The number of nitrogens with zero attached hydrogens (tertiary/aromatic N) is 1. The minimum atomic E-state index is -4.56. The van der Waals surface area contributed by atoms with Gasteiger partial charge in [-0.25, -0.2) is 0 Å².